The highest BCUT2D eigenvalue weighted by atomic mass is 16.5. The van der Waals surface area contributed by atoms with E-state index in [9.17, 15) is 5.11 Å². The molecular formula is C12H18O2. The zero-order valence-electron chi connectivity index (χ0n) is 9.08. The second-order valence-corrected chi connectivity index (χ2v) is 3.72. The summed E-state index contributed by atoms with van der Waals surface area (Å²) in [6.07, 6.45) is 2.22. The monoisotopic (exact) mass is 194 g/mol. The van der Waals surface area contributed by atoms with Crippen molar-refractivity contribution in [3.63, 3.8) is 0 Å². The lowest BCUT2D eigenvalue weighted by atomic mass is 10.1. The van der Waals surface area contributed by atoms with Crippen LogP contribution in [0.4, 0.5) is 0 Å². The van der Waals surface area contributed by atoms with E-state index >= 15 is 0 Å². The van der Waals surface area contributed by atoms with Gasteiger partial charge in [0.25, 0.3) is 0 Å². The molecule has 0 heterocycles. The average molecular weight is 194 g/mol. The van der Waals surface area contributed by atoms with E-state index in [2.05, 4.69) is 6.92 Å². The number of hydrogen-bond acceptors (Lipinski definition) is 2. The number of phenolic OH excluding ortho intramolecular Hbond substituents is 1. The van der Waals surface area contributed by atoms with Crippen LogP contribution in [0.15, 0.2) is 18.2 Å². The number of ether oxygens (including phenoxy) is 1. The van der Waals surface area contributed by atoms with Gasteiger partial charge in [0.05, 0.1) is 6.10 Å². The first-order valence-corrected chi connectivity index (χ1v) is 5.12. The molecular weight excluding hydrogens is 176 g/mol. The largest absolute Gasteiger partial charge is 0.504 e. The lowest BCUT2D eigenvalue weighted by molar-refractivity contribution is 0.231. The van der Waals surface area contributed by atoms with Gasteiger partial charge in [-0.3, -0.25) is 0 Å². The molecule has 1 rings (SSSR count). The van der Waals surface area contributed by atoms with Gasteiger partial charge < -0.3 is 9.84 Å². The quantitative estimate of drug-likeness (QED) is 0.798. The van der Waals surface area contributed by atoms with Crippen LogP contribution < -0.4 is 4.74 Å². The Kier molecular flexibility index (Phi) is 3.81. The predicted octanol–water partition coefficient (Wildman–Crippen LogP) is 3.13. The summed E-state index contributed by atoms with van der Waals surface area (Å²) in [7, 11) is 0. The van der Waals surface area contributed by atoms with Crippen LogP contribution in [-0.2, 0) is 6.42 Å². The molecule has 78 valence electrons. The Bertz CT molecular complexity index is 292. The fourth-order valence-corrected chi connectivity index (χ4v) is 1.35. The molecule has 1 aromatic rings. The molecule has 0 atom stereocenters. The molecule has 0 radical (unpaired) electrons. The van der Waals surface area contributed by atoms with E-state index in [1.54, 1.807) is 6.07 Å². The number of hydrogen-bond donors (Lipinski definition) is 1. The zero-order chi connectivity index (χ0) is 10.6. The van der Waals surface area contributed by atoms with Gasteiger partial charge in [0.1, 0.15) is 0 Å². The highest BCUT2D eigenvalue weighted by molar-refractivity contribution is 5.41. The molecule has 0 aromatic heterocycles. The van der Waals surface area contributed by atoms with Crippen molar-refractivity contribution >= 4 is 0 Å². The second-order valence-electron chi connectivity index (χ2n) is 3.72. The molecule has 1 aromatic carbocycles. The smallest absolute Gasteiger partial charge is 0.161 e. The van der Waals surface area contributed by atoms with Gasteiger partial charge in [-0.25, -0.2) is 0 Å². The Hall–Kier alpha value is -1.18. The van der Waals surface area contributed by atoms with Crippen molar-refractivity contribution in [1.29, 1.82) is 0 Å². The molecule has 2 nitrogen and oxygen atoms in total. The molecule has 0 unspecified atom stereocenters. The molecule has 1 N–H and O–H groups in total. The van der Waals surface area contributed by atoms with Gasteiger partial charge in [-0.15, -0.1) is 0 Å². The first kappa shape index (κ1) is 10.9. The predicted molar refractivity (Wildman–Crippen MR) is 57.9 cm³/mol. The van der Waals surface area contributed by atoms with Gasteiger partial charge in [-0.2, -0.15) is 0 Å². The van der Waals surface area contributed by atoms with Crippen LogP contribution in [0.5, 0.6) is 11.5 Å². The van der Waals surface area contributed by atoms with Crippen molar-refractivity contribution in [2.45, 2.75) is 39.7 Å². The molecule has 2 heteroatoms. The van der Waals surface area contributed by atoms with E-state index in [0.29, 0.717) is 5.75 Å². The summed E-state index contributed by atoms with van der Waals surface area (Å²) >= 11 is 0. The normalized spacial score (nSPS) is 10.6. The van der Waals surface area contributed by atoms with E-state index in [1.165, 1.54) is 5.56 Å². The minimum absolute atomic E-state index is 0.0952. The molecule has 0 saturated carbocycles. The fraction of sp³-hybridized carbons (Fsp3) is 0.500. The van der Waals surface area contributed by atoms with Gasteiger partial charge in [-0.05, 0) is 38.0 Å². The molecule has 0 spiro atoms. The molecule has 0 amide bonds. The summed E-state index contributed by atoms with van der Waals surface area (Å²) in [5, 5.41) is 9.53. The first-order valence-electron chi connectivity index (χ1n) is 5.12. The summed E-state index contributed by atoms with van der Waals surface area (Å²) in [5.41, 5.74) is 1.21. The van der Waals surface area contributed by atoms with Crippen molar-refractivity contribution in [2.24, 2.45) is 0 Å². The van der Waals surface area contributed by atoms with Gasteiger partial charge in [0.15, 0.2) is 11.5 Å². The van der Waals surface area contributed by atoms with E-state index in [4.69, 9.17) is 4.74 Å². The van der Waals surface area contributed by atoms with Crippen molar-refractivity contribution in [3.05, 3.63) is 23.8 Å². The third-order valence-corrected chi connectivity index (χ3v) is 1.93. The summed E-state index contributed by atoms with van der Waals surface area (Å²) in [4.78, 5) is 0. The maximum atomic E-state index is 9.53. The minimum atomic E-state index is 0.0952. The van der Waals surface area contributed by atoms with Crippen LogP contribution in [0.2, 0.25) is 0 Å². The highest BCUT2D eigenvalue weighted by Crippen LogP contribution is 2.28. The molecule has 0 fully saturated rings. The van der Waals surface area contributed by atoms with Crippen LogP contribution in [0.3, 0.4) is 0 Å². The number of aromatic hydroxyl groups is 1. The summed E-state index contributed by atoms with van der Waals surface area (Å²) < 4.78 is 5.48. The zero-order valence-corrected chi connectivity index (χ0v) is 9.08. The van der Waals surface area contributed by atoms with E-state index in [1.807, 2.05) is 26.0 Å². The third-order valence-electron chi connectivity index (χ3n) is 1.93. The highest BCUT2D eigenvalue weighted by Gasteiger charge is 2.05. The van der Waals surface area contributed by atoms with Crippen LogP contribution in [0.1, 0.15) is 32.8 Å². The van der Waals surface area contributed by atoms with E-state index in [0.717, 1.165) is 12.8 Å². The van der Waals surface area contributed by atoms with Crippen LogP contribution in [0, 0.1) is 0 Å². The van der Waals surface area contributed by atoms with Gasteiger partial charge >= 0.3 is 0 Å². The Morgan fingerprint density at radius 3 is 2.64 bits per heavy atom. The first-order chi connectivity index (χ1) is 6.63. The lowest BCUT2D eigenvalue weighted by Crippen LogP contribution is -2.05. The maximum absolute atomic E-state index is 9.53. The van der Waals surface area contributed by atoms with Crippen molar-refractivity contribution in [1.82, 2.24) is 0 Å². The van der Waals surface area contributed by atoms with Crippen molar-refractivity contribution < 1.29 is 9.84 Å². The van der Waals surface area contributed by atoms with Gasteiger partial charge in [0, 0.05) is 0 Å². The molecule has 0 saturated heterocycles. The SMILES string of the molecule is CCCc1ccc(O)c(OC(C)C)c1. The number of phenols is 1. The summed E-state index contributed by atoms with van der Waals surface area (Å²) in [6, 6.07) is 5.55. The van der Waals surface area contributed by atoms with Crippen molar-refractivity contribution in [2.75, 3.05) is 0 Å². The Morgan fingerprint density at radius 1 is 1.36 bits per heavy atom. The van der Waals surface area contributed by atoms with Crippen molar-refractivity contribution in [3.8, 4) is 11.5 Å². The van der Waals surface area contributed by atoms with Gasteiger partial charge in [0.2, 0.25) is 0 Å². The molecule has 14 heavy (non-hydrogen) atoms. The Balaban J connectivity index is 2.84. The standard InChI is InChI=1S/C12H18O2/c1-4-5-10-6-7-11(13)12(8-10)14-9(2)3/h6-9,13H,4-5H2,1-3H3. The molecule has 0 aliphatic rings. The second kappa shape index (κ2) is 4.89. The van der Waals surface area contributed by atoms with Crippen LogP contribution in [0.25, 0.3) is 0 Å². The minimum Gasteiger partial charge on any atom is -0.504 e. The molecule has 0 bridgehead atoms. The maximum Gasteiger partial charge on any atom is 0.161 e. The lowest BCUT2D eigenvalue weighted by Gasteiger charge is -2.12. The third kappa shape index (κ3) is 2.95. The Morgan fingerprint density at radius 2 is 2.07 bits per heavy atom. The Labute approximate surface area is 85.5 Å². The number of aryl methyl sites for hydroxylation is 1. The molecule has 0 aliphatic heterocycles. The average Bonchev–Trinajstić information content (AvgIpc) is 2.10. The molecule has 0 aliphatic carbocycles. The number of benzene rings is 1. The topological polar surface area (TPSA) is 29.5 Å². The fourth-order valence-electron chi connectivity index (χ4n) is 1.35. The van der Waals surface area contributed by atoms with E-state index in [-0.39, 0.29) is 11.9 Å². The number of rotatable bonds is 4. The van der Waals surface area contributed by atoms with Crippen LogP contribution >= 0.6 is 0 Å². The summed E-state index contributed by atoms with van der Waals surface area (Å²) in [6.45, 7) is 6.04. The summed E-state index contributed by atoms with van der Waals surface area (Å²) in [5.74, 6) is 0.810. The van der Waals surface area contributed by atoms with Gasteiger partial charge in [-0.1, -0.05) is 19.4 Å². The van der Waals surface area contributed by atoms with E-state index < -0.39 is 0 Å². The van der Waals surface area contributed by atoms with Crippen LogP contribution in [-0.4, -0.2) is 11.2 Å².